The Hall–Kier alpha value is -0.610. The van der Waals surface area contributed by atoms with Gasteiger partial charge in [0.05, 0.1) is 0 Å². The third-order valence-corrected chi connectivity index (χ3v) is 4.42. The van der Waals surface area contributed by atoms with Crippen LogP contribution in [0.1, 0.15) is 45.4 Å². The monoisotopic (exact) mass is 239 g/mol. The van der Waals surface area contributed by atoms with Gasteiger partial charge in [-0.2, -0.15) is 0 Å². The van der Waals surface area contributed by atoms with E-state index in [2.05, 4.69) is 11.8 Å². The Labute approximate surface area is 104 Å². The second-order valence-electron chi connectivity index (χ2n) is 5.85. The Morgan fingerprint density at radius 3 is 2.59 bits per heavy atom. The van der Waals surface area contributed by atoms with E-state index in [-0.39, 0.29) is 5.91 Å². The first-order valence-corrected chi connectivity index (χ1v) is 6.87. The molecule has 2 fully saturated rings. The molecule has 0 bridgehead atoms. The van der Waals surface area contributed by atoms with Crippen molar-refractivity contribution in [3.63, 3.8) is 0 Å². The van der Waals surface area contributed by atoms with Crippen molar-refractivity contribution < 1.29 is 4.79 Å². The van der Waals surface area contributed by atoms with Crippen molar-refractivity contribution in [2.45, 2.75) is 57.0 Å². The van der Waals surface area contributed by atoms with Crippen LogP contribution in [0.5, 0.6) is 0 Å². The molecule has 0 aromatic rings. The van der Waals surface area contributed by atoms with E-state index in [1.807, 2.05) is 0 Å². The second kappa shape index (κ2) is 4.94. The Bertz CT molecular complexity index is 290. The molecule has 1 aliphatic carbocycles. The quantitative estimate of drug-likeness (QED) is 0.763. The van der Waals surface area contributed by atoms with Gasteiger partial charge in [0, 0.05) is 12.6 Å². The van der Waals surface area contributed by atoms with E-state index in [0.717, 1.165) is 19.4 Å². The van der Waals surface area contributed by atoms with Crippen LogP contribution in [-0.2, 0) is 4.79 Å². The highest BCUT2D eigenvalue weighted by Crippen LogP contribution is 2.39. The predicted octanol–water partition coefficient (Wildman–Crippen LogP) is 0.844. The minimum atomic E-state index is -0.793. The third-order valence-electron chi connectivity index (χ3n) is 4.42. The summed E-state index contributed by atoms with van der Waals surface area (Å²) in [6.45, 7) is 3.94. The Morgan fingerprint density at radius 2 is 2.00 bits per heavy atom. The predicted molar refractivity (Wildman–Crippen MR) is 68.3 cm³/mol. The van der Waals surface area contributed by atoms with E-state index in [1.165, 1.54) is 25.7 Å². The Kier molecular flexibility index (Phi) is 3.73. The molecule has 0 aromatic carbocycles. The molecule has 2 aliphatic rings. The fourth-order valence-corrected chi connectivity index (χ4v) is 2.91. The number of rotatable bonds is 4. The molecule has 4 N–H and O–H groups in total. The topological polar surface area (TPSA) is 72.3 Å². The average molecular weight is 239 g/mol. The zero-order chi connectivity index (χ0) is 12.5. The highest BCUT2D eigenvalue weighted by Gasteiger charge is 2.48. The largest absolute Gasteiger partial charge is 0.368 e. The molecule has 1 heterocycles. The molecule has 2 unspecified atom stereocenters. The number of amides is 1. The lowest BCUT2D eigenvalue weighted by molar-refractivity contribution is -0.124. The van der Waals surface area contributed by atoms with Crippen LogP contribution in [0, 0.1) is 5.92 Å². The van der Waals surface area contributed by atoms with Crippen molar-refractivity contribution >= 4 is 5.91 Å². The van der Waals surface area contributed by atoms with Gasteiger partial charge in [-0.05, 0) is 45.1 Å². The first-order chi connectivity index (χ1) is 8.04. The highest BCUT2D eigenvalue weighted by molar-refractivity contribution is 5.85. The van der Waals surface area contributed by atoms with Gasteiger partial charge < -0.3 is 11.5 Å². The summed E-state index contributed by atoms with van der Waals surface area (Å²) >= 11 is 0. The molecule has 0 aromatic heterocycles. The van der Waals surface area contributed by atoms with Gasteiger partial charge in [-0.25, -0.2) is 0 Å². The molecule has 2 rings (SSSR count). The summed E-state index contributed by atoms with van der Waals surface area (Å²) in [6.07, 6.45) is 7.11. The maximum absolute atomic E-state index is 11.6. The van der Waals surface area contributed by atoms with Crippen molar-refractivity contribution in [2.75, 3.05) is 13.1 Å². The molecular formula is C13H25N3O. The zero-order valence-electron chi connectivity index (χ0n) is 10.8. The highest BCUT2D eigenvalue weighted by atomic mass is 16.1. The first kappa shape index (κ1) is 12.8. The molecule has 0 radical (unpaired) electrons. The van der Waals surface area contributed by atoms with E-state index in [4.69, 9.17) is 11.5 Å². The lowest BCUT2D eigenvalue weighted by atomic mass is 9.92. The second-order valence-corrected chi connectivity index (χ2v) is 5.85. The summed E-state index contributed by atoms with van der Waals surface area (Å²) in [5.41, 5.74) is 11.0. The van der Waals surface area contributed by atoms with Gasteiger partial charge in [-0.15, -0.1) is 0 Å². The fourth-order valence-electron chi connectivity index (χ4n) is 2.91. The molecule has 4 heteroatoms. The lowest BCUT2D eigenvalue weighted by Crippen LogP contribution is -2.61. The summed E-state index contributed by atoms with van der Waals surface area (Å²) < 4.78 is 0. The number of hydrogen-bond donors (Lipinski definition) is 2. The van der Waals surface area contributed by atoms with Crippen LogP contribution in [-0.4, -0.2) is 35.5 Å². The molecule has 2 atom stereocenters. The number of likely N-dealkylation sites (tertiary alicyclic amines) is 1. The molecule has 98 valence electrons. The normalized spacial score (nSPS) is 30.6. The van der Waals surface area contributed by atoms with Crippen molar-refractivity contribution in [1.29, 1.82) is 0 Å². The summed E-state index contributed by atoms with van der Waals surface area (Å²) in [5, 5.41) is 0. The smallest absolute Gasteiger partial charge is 0.239 e. The van der Waals surface area contributed by atoms with Gasteiger partial charge in [-0.1, -0.05) is 12.8 Å². The molecular weight excluding hydrogens is 214 g/mol. The van der Waals surface area contributed by atoms with Crippen LogP contribution >= 0.6 is 0 Å². The minimum absolute atomic E-state index is 0.315. The molecule has 1 saturated heterocycles. The summed E-state index contributed by atoms with van der Waals surface area (Å²) in [4.78, 5) is 14.0. The van der Waals surface area contributed by atoms with Crippen molar-refractivity contribution in [3.8, 4) is 0 Å². The molecule has 1 amide bonds. The van der Waals surface area contributed by atoms with Crippen LogP contribution in [0.15, 0.2) is 0 Å². The van der Waals surface area contributed by atoms with Crippen molar-refractivity contribution in [1.82, 2.24) is 4.90 Å². The van der Waals surface area contributed by atoms with Crippen LogP contribution in [0.2, 0.25) is 0 Å². The lowest BCUT2D eigenvalue weighted by Gasteiger charge is -2.35. The van der Waals surface area contributed by atoms with Crippen LogP contribution in [0.4, 0.5) is 0 Å². The number of hydrogen-bond acceptors (Lipinski definition) is 3. The SMILES string of the molecule is CC1CCCCCN1CC(N)(C(N)=O)C1CC1. The van der Waals surface area contributed by atoms with Crippen molar-refractivity contribution in [3.05, 3.63) is 0 Å². The van der Waals surface area contributed by atoms with Crippen LogP contribution in [0.25, 0.3) is 0 Å². The van der Waals surface area contributed by atoms with Gasteiger partial charge in [0.2, 0.25) is 5.91 Å². The van der Waals surface area contributed by atoms with Gasteiger partial charge >= 0.3 is 0 Å². The van der Waals surface area contributed by atoms with E-state index in [0.29, 0.717) is 18.5 Å². The first-order valence-electron chi connectivity index (χ1n) is 6.87. The minimum Gasteiger partial charge on any atom is -0.368 e. The van der Waals surface area contributed by atoms with Gasteiger partial charge in [0.15, 0.2) is 0 Å². The fraction of sp³-hybridized carbons (Fsp3) is 0.923. The summed E-state index contributed by atoms with van der Waals surface area (Å²) in [6, 6.07) is 0.526. The zero-order valence-corrected chi connectivity index (χ0v) is 10.8. The third kappa shape index (κ3) is 2.80. The average Bonchev–Trinajstić information content (AvgIpc) is 3.08. The number of nitrogens with zero attached hydrogens (tertiary/aromatic N) is 1. The van der Waals surface area contributed by atoms with Gasteiger partial charge in [0.1, 0.15) is 5.54 Å². The maximum Gasteiger partial charge on any atom is 0.239 e. The molecule has 4 nitrogen and oxygen atoms in total. The van der Waals surface area contributed by atoms with E-state index >= 15 is 0 Å². The van der Waals surface area contributed by atoms with E-state index < -0.39 is 5.54 Å². The molecule has 17 heavy (non-hydrogen) atoms. The number of nitrogens with two attached hydrogens (primary N) is 2. The van der Waals surface area contributed by atoms with Crippen LogP contribution < -0.4 is 11.5 Å². The maximum atomic E-state index is 11.6. The van der Waals surface area contributed by atoms with E-state index in [9.17, 15) is 4.79 Å². The standard InChI is InChI=1S/C13H25N3O/c1-10-5-3-2-4-8-16(10)9-13(15,12(14)17)11-6-7-11/h10-11H,2-9,15H2,1H3,(H2,14,17). The van der Waals surface area contributed by atoms with Gasteiger partial charge in [0.25, 0.3) is 0 Å². The van der Waals surface area contributed by atoms with Crippen LogP contribution in [0.3, 0.4) is 0 Å². The molecule has 1 aliphatic heterocycles. The number of carbonyl (C=O) groups excluding carboxylic acids is 1. The Balaban J connectivity index is 2.03. The summed E-state index contributed by atoms with van der Waals surface area (Å²) in [5.74, 6) is -0.00750. The number of carbonyl (C=O) groups is 1. The number of primary amides is 1. The van der Waals surface area contributed by atoms with Gasteiger partial charge in [-0.3, -0.25) is 9.69 Å². The molecule has 1 saturated carbocycles. The summed E-state index contributed by atoms with van der Waals surface area (Å²) in [7, 11) is 0. The Morgan fingerprint density at radius 1 is 1.29 bits per heavy atom. The van der Waals surface area contributed by atoms with Crippen molar-refractivity contribution in [2.24, 2.45) is 17.4 Å². The molecule has 0 spiro atoms. The van der Waals surface area contributed by atoms with E-state index in [1.54, 1.807) is 0 Å².